The molecule has 2 atom stereocenters. The summed E-state index contributed by atoms with van der Waals surface area (Å²) in [4.78, 5) is 12.6. The normalized spacial score (nSPS) is 18.3. The molecule has 0 bridgehead atoms. The minimum Gasteiger partial charge on any atom is -0.349 e. The van der Waals surface area contributed by atoms with E-state index in [4.69, 9.17) is 0 Å². The van der Waals surface area contributed by atoms with Gasteiger partial charge in [-0.25, -0.2) is 0 Å². The molecular weight excluding hydrogens is 320 g/mol. The van der Waals surface area contributed by atoms with Crippen molar-refractivity contribution in [3.05, 3.63) is 35.9 Å². The van der Waals surface area contributed by atoms with Crippen LogP contribution in [0.2, 0.25) is 0 Å². The van der Waals surface area contributed by atoms with Crippen LogP contribution in [0.25, 0.3) is 0 Å². The number of amides is 1. The highest BCUT2D eigenvalue weighted by Gasteiger charge is 2.29. The second-order valence-corrected chi connectivity index (χ2v) is 8.05. The molecule has 136 valence electrons. The van der Waals surface area contributed by atoms with Crippen molar-refractivity contribution in [1.29, 1.82) is 0 Å². The molecule has 24 heavy (non-hydrogen) atoms. The van der Waals surface area contributed by atoms with Gasteiger partial charge in [0.1, 0.15) is 0 Å². The first-order valence-electron chi connectivity index (χ1n) is 8.93. The fraction of sp³-hybridized carbons (Fsp3) is 0.650. The van der Waals surface area contributed by atoms with Crippen LogP contribution in [0.1, 0.15) is 58.6 Å². The fourth-order valence-corrected chi connectivity index (χ4v) is 3.54. The van der Waals surface area contributed by atoms with E-state index in [1.807, 2.05) is 18.2 Å². The Hall–Kier alpha value is -1.06. The third kappa shape index (κ3) is 6.10. The Morgan fingerprint density at radius 2 is 1.79 bits per heavy atom. The number of hydrogen-bond acceptors (Lipinski definition) is 2. The number of hydrogen-bond donors (Lipinski definition) is 2. The molecule has 4 heteroatoms. The second kappa shape index (κ2) is 9.43. The Morgan fingerprint density at radius 3 is 2.33 bits per heavy atom. The molecule has 1 aromatic carbocycles. The largest absolute Gasteiger partial charge is 0.349 e. The van der Waals surface area contributed by atoms with Crippen molar-refractivity contribution in [2.75, 3.05) is 13.1 Å². The quantitative estimate of drug-likeness (QED) is 0.827. The van der Waals surface area contributed by atoms with Crippen LogP contribution in [-0.2, 0) is 4.79 Å². The zero-order chi connectivity index (χ0) is 16.9. The lowest BCUT2D eigenvalue weighted by molar-refractivity contribution is -0.123. The number of rotatable bonds is 5. The third-order valence-corrected chi connectivity index (χ3v) is 5.00. The van der Waals surface area contributed by atoms with E-state index in [1.165, 1.54) is 18.4 Å². The molecule has 2 N–H and O–H groups in total. The molecule has 1 aromatic rings. The number of nitrogens with one attached hydrogen (secondary N) is 2. The summed E-state index contributed by atoms with van der Waals surface area (Å²) in [5, 5.41) is 6.68. The lowest BCUT2D eigenvalue weighted by atomic mass is 9.81. The average Bonchev–Trinajstić information content (AvgIpc) is 2.53. The maximum Gasteiger partial charge on any atom is 0.220 e. The molecule has 0 aromatic heterocycles. The number of carbonyl (C=O) groups is 1. The molecule has 1 fully saturated rings. The summed E-state index contributed by atoms with van der Waals surface area (Å²) in [6.45, 7) is 10.9. The highest BCUT2D eigenvalue weighted by molar-refractivity contribution is 5.85. The van der Waals surface area contributed by atoms with Gasteiger partial charge in [0.15, 0.2) is 0 Å². The van der Waals surface area contributed by atoms with Crippen LogP contribution in [0.3, 0.4) is 0 Å². The summed E-state index contributed by atoms with van der Waals surface area (Å²) in [6.07, 6.45) is 3.01. The van der Waals surface area contributed by atoms with Crippen LogP contribution in [-0.4, -0.2) is 19.0 Å². The number of halogens is 1. The lowest BCUT2D eigenvalue weighted by Crippen LogP contribution is -2.38. The van der Waals surface area contributed by atoms with Gasteiger partial charge in [-0.05, 0) is 48.7 Å². The Morgan fingerprint density at radius 1 is 1.21 bits per heavy atom. The van der Waals surface area contributed by atoms with Crippen LogP contribution >= 0.6 is 12.4 Å². The summed E-state index contributed by atoms with van der Waals surface area (Å²) >= 11 is 0. The van der Waals surface area contributed by atoms with Crippen LogP contribution in [0.15, 0.2) is 30.3 Å². The summed E-state index contributed by atoms with van der Waals surface area (Å²) in [7, 11) is 0. The first kappa shape index (κ1) is 21.0. The van der Waals surface area contributed by atoms with E-state index in [1.54, 1.807) is 0 Å². The second-order valence-electron chi connectivity index (χ2n) is 8.05. The topological polar surface area (TPSA) is 41.1 Å². The summed E-state index contributed by atoms with van der Waals surface area (Å²) in [5.74, 6) is 1.31. The van der Waals surface area contributed by atoms with E-state index in [2.05, 4.69) is 50.5 Å². The van der Waals surface area contributed by atoms with E-state index < -0.39 is 0 Å². The maximum atomic E-state index is 12.6. The van der Waals surface area contributed by atoms with E-state index in [-0.39, 0.29) is 29.8 Å². The van der Waals surface area contributed by atoms with E-state index >= 15 is 0 Å². The smallest absolute Gasteiger partial charge is 0.220 e. The van der Waals surface area contributed by atoms with E-state index in [0.29, 0.717) is 18.3 Å². The van der Waals surface area contributed by atoms with Gasteiger partial charge in [0.2, 0.25) is 5.91 Å². The van der Waals surface area contributed by atoms with E-state index in [9.17, 15) is 4.79 Å². The Kier molecular flexibility index (Phi) is 8.24. The van der Waals surface area contributed by atoms with Gasteiger partial charge in [-0.3, -0.25) is 4.79 Å². The number of carbonyl (C=O) groups excluding carboxylic acids is 1. The van der Waals surface area contributed by atoms with Gasteiger partial charge in [-0.1, -0.05) is 58.0 Å². The molecule has 3 nitrogen and oxygen atoms in total. The Bertz CT molecular complexity index is 492. The van der Waals surface area contributed by atoms with E-state index in [0.717, 1.165) is 13.1 Å². The van der Waals surface area contributed by atoms with Gasteiger partial charge in [0, 0.05) is 6.42 Å². The summed E-state index contributed by atoms with van der Waals surface area (Å²) < 4.78 is 0. The molecule has 0 saturated carbocycles. The van der Waals surface area contributed by atoms with Crippen molar-refractivity contribution < 1.29 is 4.79 Å². The predicted molar refractivity (Wildman–Crippen MR) is 103 cm³/mol. The van der Waals surface area contributed by atoms with Crippen molar-refractivity contribution in [3.63, 3.8) is 0 Å². The van der Waals surface area contributed by atoms with Crippen molar-refractivity contribution >= 4 is 18.3 Å². The van der Waals surface area contributed by atoms with Gasteiger partial charge in [-0.15, -0.1) is 12.4 Å². The molecule has 0 aliphatic carbocycles. The van der Waals surface area contributed by atoms with Crippen molar-refractivity contribution in [1.82, 2.24) is 10.6 Å². The van der Waals surface area contributed by atoms with Crippen LogP contribution in [0.5, 0.6) is 0 Å². The molecule has 1 heterocycles. The number of benzene rings is 1. The van der Waals surface area contributed by atoms with Gasteiger partial charge in [-0.2, -0.15) is 0 Å². The molecule has 0 spiro atoms. The summed E-state index contributed by atoms with van der Waals surface area (Å²) in [5.41, 5.74) is 1.18. The van der Waals surface area contributed by atoms with Crippen molar-refractivity contribution in [2.45, 2.75) is 53.0 Å². The first-order valence-corrected chi connectivity index (χ1v) is 8.93. The SMILES string of the molecule is CC(CC(=O)NC(c1ccccc1)C(C)(C)C)C1CCNCC1.Cl. The fourth-order valence-electron chi connectivity index (χ4n) is 3.54. The van der Waals surface area contributed by atoms with Crippen LogP contribution < -0.4 is 10.6 Å². The average molecular weight is 353 g/mol. The standard InChI is InChI=1S/C20H32N2O.ClH/c1-15(16-10-12-21-13-11-16)14-18(23)22-19(20(2,3)4)17-8-6-5-7-9-17;/h5-9,15-16,19,21H,10-14H2,1-4H3,(H,22,23);1H. The lowest BCUT2D eigenvalue weighted by Gasteiger charge is -2.33. The minimum absolute atomic E-state index is 0. The molecule has 1 saturated heterocycles. The number of piperidine rings is 1. The molecule has 2 rings (SSSR count). The van der Waals surface area contributed by atoms with Gasteiger partial charge in [0.05, 0.1) is 6.04 Å². The van der Waals surface area contributed by atoms with Gasteiger partial charge in [0.25, 0.3) is 0 Å². The molecule has 0 radical (unpaired) electrons. The zero-order valence-electron chi connectivity index (χ0n) is 15.5. The molecular formula is C20H33ClN2O. The van der Waals surface area contributed by atoms with Crippen molar-refractivity contribution in [2.24, 2.45) is 17.3 Å². The molecule has 2 unspecified atom stereocenters. The Labute approximate surface area is 153 Å². The highest BCUT2D eigenvalue weighted by atomic mass is 35.5. The molecule has 1 aliphatic heterocycles. The molecule has 1 amide bonds. The maximum absolute atomic E-state index is 12.6. The van der Waals surface area contributed by atoms with Gasteiger partial charge >= 0.3 is 0 Å². The van der Waals surface area contributed by atoms with Crippen LogP contribution in [0, 0.1) is 17.3 Å². The van der Waals surface area contributed by atoms with Crippen molar-refractivity contribution in [3.8, 4) is 0 Å². The zero-order valence-corrected chi connectivity index (χ0v) is 16.3. The van der Waals surface area contributed by atoms with Crippen LogP contribution in [0.4, 0.5) is 0 Å². The highest BCUT2D eigenvalue weighted by Crippen LogP contribution is 2.33. The third-order valence-electron chi connectivity index (χ3n) is 5.00. The van der Waals surface area contributed by atoms with Gasteiger partial charge < -0.3 is 10.6 Å². The predicted octanol–water partition coefficient (Wildman–Crippen LogP) is 4.34. The first-order chi connectivity index (χ1) is 10.9. The Balaban J connectivity index is 0.00000288. The minimum atomic E-state index is -0.00495. The monoisotopic (exact) mass is 352 g/mol. The summed E-state index contributed by atoms with van der Waals surface area (Å²) in [6, 6.07) is 10.4. The molecule has 1 aliphatic rings.